The Morgan fingerprint density at radius 3 is 2.59 bits per heavy atom. The summed E-state index contributed by atoms with van der Waals surface area (Å²) in [4.78, 5) is 31.4. The molecule has 3 aromatic rings. The third-order valence-corrected chi connectivity index (χ3v) is 4.97. The van der Waals surface area contributed by atoms with E-state index in [1.54, 1.807) is 23.7 Å². The van der Waals surface area contributed by atoms with Crippen LogP contribution in [0.5, 0.6) is 0 Å². The number of aromatic amines is 1. The van der Waals surface area contributed by atoms with Crippen LogP contribution in [0.2, 0.25) is 0 Å². The van der Waals surface area contributed by atoms with Gasteiger partial charge in [0, 0.05) is 30.3 Å². The van der Waals surface area contributed by atoms with Crippen molar-refractivity contribution in [3.8, 4) is 5.82 Å². The zero-order valence-electron chi connectivity index (χ0n) is 15.0. The molecule has 27 heavy (non-hydrogen) atoms. The van der Waals surface area contributed by atoms with Gasteiger partial charge < -0.3 is 4.90 Å². The Kier molecular flexibility index (Phi) is 3.53. The van der Waals surface area contributed by atoms with Gasteiger partial charge in [0.1, 0.15) is 5.52 Å². The highest BCUT2D eigenvalue weighted by Crippen LogP contribution is 2.44. The van der Waals surface area contributed by atoms with Crippen LogP contribution in [-0.4, -0.2) is 43.2 Å². The summed E-state index contributed by atoms with van der Waals surface area (Å²) in [5.41, 5.74) is -1.14. The second kappa shape index (κ2) is 5.48. The number of aryl methyl sites for hydroxylation is 1. The Morgan fingerprint density at radius 1 is 1.22 bits per heavy atom. The van der Waals surface area contributed by atoms with Gasteiger partial charge in [-0.1, -0.05) is 13.8 Å². The predicted octanol–water partition coefficient (Wildman–Crippen LogP) is 1.36. The van der Waals surface area contributed by atoms with Crippen molar-refractivity contribution >= 4 is 11.3 Å². The number of nitrogens with zero attached hydrogens (tertiary/aromatic N) is 5. The van der Waals surface area contributed by atoms with Crippen LogP contribution in [0.3, 0.4) is 0 Å². The number of hydrogen-bond donors (Lipinski definition) is 1. The molecule has 0 radical (unpaired) electrons. The Bertz CT molecular complexity index is 1140. The Balaban J connectivity index is 1.87. The van der Waals surface area contributed by atoms with E-state index in [4.69, 9.17) is 0 Å². The third-order valence-electron chi connectivity index (χ3n) is 4.97. The molecule has 1 N–H and O–H groups in total. The van der Waals surface area contributed by atoms with Gasteiger partial charge in [-0.25, -0.2) is 23.1 Å². The summed E-state index contributed by atoms with van der Waals surface area (Å²) < 4.78 is 31.4. The fraction of sp³-hybridized carbons (Fsp3) is 0.412. The lowest BCUT2D eigenvalue weighted by atomic mass is 9.89. The van der Waals surface area contributed by atoms with Crippen LogP contribution in [0.4, 0.5) is 14.6 Å². The van der Waals surface area contributed by atoms with E-state index >= 15 is 0 Å². The van der Waals surface area contributed by atoms with Gasteiger partial charge in [-0.3, -0.25) is 14.3 Å². The number of hydrogen-bond acceptors (Lipinski definition) is 5. The fourth-order valence-corrected chi connectivity index (χ4v) is 3.28. The van der Waals surface area contributed by atoms with E-state index in [1.165, 1.54) is 35.6 Å². The molecule has 3 aromatic heterocycles. The molecule has 0 spiro atoms. The first-order chi connectivity index (χ1) is 12.6. The van der Waals surface area contributed by atoms with Crippen molar-refractivity contribution in [2.45, 2.75) is 26.7 Å². The molecular weight excluding hydrogens is 358 g/mol. The van der Waals surface area contributed by atoms with Crippen molar-refractivity contribution in [2.24, 2.45) is 5.41 Å². The summed E-state index contributed by atoms with van der Waals surface area (Å²) in [6.07, 6.45) is 2.87. The van der Waals surface area contributed by atoms with Crippen molar-refractivity contribution in [2.75, 3.05) is 18.0 Å². The van der Waals surface area contributed by atoms with Crippen molar-refractivity contribution in [3.05, 3.63) is 51.1 Å². The van der Waals surface area contributed by atoms with Crippen LogP contribution < -0.4 is 16.1 Å². The molecule has 0 aromatic carbocycles. The number of halogens is 2. The van der Waals surface area contributed by atoms with Crippen LogP contribution in [0, 0.1) is 12.3 Å². The summed E-state index contributed by atoms with van der Waals surface area (Å²) in [6.45, 7) is 4.54. The maximum absolute atomic E-state index is 14.3. The molecule has 1 fully saturated rings. The van der Waals surface area contributed by atoms with Crippen molar-refractivity contribution in [3.63, 3.8) is 0 Å². The van der Waals surface area contributed by atoms with Crippen LogP contribution in [-0.2, 0) is 0 Å². The van der Waals surface area contributed by atoms with Gasteiger partial charge in [-0.2, -0.15) is 0 Å². The minimum Gasteiger partial charge on any atom is -0.348 e. The molecule has 0 aliphatic carbocycles. The van der Waals surface area contributed by atoms with E-state index in [-0.39, 0.29) is 12.4 Å². The SMILES string of the molecule is Cc1cnc(N2CC(C)(C)C(F)(F)C2)c2cc(-n3ccc(=O)[nH]c3=O)nn12. The van der Waals surface area contributed by atoms with Gasteiger partial charge in [0.25, 0.3) is 11.5 Å². The van der Waals surface area contributed by atoms with E-state index < -0.39 is 29.1 Å². The zero-order chi connectivity index (χ0) is 19.6. The minimum atomic E-state index is -2.85. The summed E-state index contributed by atoms with van der Waals surface area (Å²) in [5, 5.41) is 4.38. The largest absolute Gasteiger partial charge is 0.348 e. The first-order valence-electron chi connectivity index (χ1n) is 8.40. The maximum Gasteiger partial charge on any atom is 0.334 e. The lowest BCUT2D eigenvalue weighted by molar-refractivity contribution is -0.0642. The van der Waals surface area contributed by atoms with E-state index in [0.29, 0.717) is 17.0 Å². The molecule has 8 nitrogen and oxygen atoms in total. The van der Waals surface area contributed by atoms with Crippen LogP contribution >= 0.6 is 0 Å². The summed E-state index contributed by atoms with van der Waals surface area (Å²) in [7, 11) is 0. The second-order valence-electron chi connectivity index (χ2n) is 7.45. The number of alkyl halides is 2. The van der Waals surface area contributed by atoms with Crippen molar-refractivity contribution < 1.29 is 8.78 Å². The average Bonchev–Trinajstić information content (AvgIpc) is 3.07. The van der Waals surface area contributed by atoms with Gasteiger partial charge in [-0.05, 0) is 6.92 Å². The number of fused-ring (bicyclic) bond motifs is 1. The molecule has 0 atom stereocenters. The van der Waals surface area contributed by atoms with Crippen LogP contribution in [0.25, 0.3) is 11.3 Å². The van der Waals surface area contributed by atoms with E-state index in [0.717, 1.165) is 0 Å². The number of aromatic nitrogens is 5. The molecule has 0 unspecified atom stereocenters. The Hall–Kier alpha value is -3.04. The smallest absolute Gasteiger partial charge is 0.334 e. The standard InChI is InChI=1S/C17H18F2N6O2/c1-10-7-20-14(23-8-16(2,3)17(18,19)9-23)11-6-12(22-25(10)11)24-5-4-13(26)21-15(24)27/h4-7H,8-9H2,1-3H3,(H,21,26,27). The summed E-state index contributed by atoms with van der Waals surface area (Å²) in [5.74, 6) is -2.21. The number of nitrogens with one attached hydrogen (secondary N) is 1. The highest BCUT2D eigenvalue weighted by molar-refractivity contribution is 5.71. The van der Waals surface area contributed by atoms with Gasteiger partial charge >= 0.3 is 5.69 Å². The normalized spacial score (nSPS) is 18.3. The summed E-state index contributed by atoms with van der Waals surface area (Å²) in [6, 6.07) is 2.81. The molecule has 1 saturated heterocycles. The molecular formula is C17H18F2N6O2. The monoisotopic (exact) mass is 376 g/mol. The van der Waals surface area contributed by atoms with E-state index in [9.17, 15) is 18.4 Å². The van der Waals surface area contributed by atoms with Gasteiger partial charge in [-0.15, -0.1) is 5.10 Å². The molecule has 0 saturated carbocycles. The average molecular weight is 376 g/mol. The van der Waals surface area contributed by atoms with Crippen molar-refractivity contribution in [1.29, 1.82) is 0 Å². The second-order valence-corrected chi connectivity index (χ2v) is 7.45. The zero-order valence-corrected chi connectivity index (χ0v) is 15.0. The van der Waals surface area contributed by atoms with Crippen LogP contribution in [0.1, 0.15) is 19.5 Å². The molecule has 0 amide bonds. The number of anilines is 1. The maximum atomic E-state index is 14.3. The van der Waals surface area contributed by atoms with Gasteiger partial charge in [0.05, 0.1) is 18.4 Å². The summed E-state index contributed by atoms with van der Waals surface area (Å²) >= 11 is 0. The topological polar surface area (TPSA) is 88.3 Å². The highest BCUT2D eigenvalue weighted by Gasteiger charge is 2.54. The highest BCUT2D eigenvalue weighted by atomic mass is 19.3. The predicted molar refractivity (Wildman–Crippen MR) is 94.9 cm³/mol. The van der Waals surface area contributed by atoms with Gasteiger partial charge in [0.2, 0.25) is 0 Å². The minimum absolute atomic E-state index is 0.144. The van der Waals surface area contributed by atoms with E-state index in [2.05, 4.69) is 15.1 Å². The Labute approximate surface area is 152 Å². The van der Waals surface area contributed by atoms with Gasteiger partial charge in [0.15, 0.2) is 11.6 Å². The first kappa shape index (κ1) is 17.4. The molecule has 1 aliphatic heterocycles. The van der Waals surface area contributed by atoms with Crippen LogP contribution in [0.15, 0.2) is 34.1 Å². The van der Waals surface area contributed by atoms with Crippen molar-refractivity contribution in [1.82, 2.24) is 24.1 Å². The molecule has 1 aliphatic rings. The third kappa shape index (κ3) is 2.63. The molecule has 4 heterocycles. The quantitative estimate of drug-likeness (QED) is 0.730. The molecule has 142 valence electrons. The van der Waals surface area contributed by atoms with E-state index in [1.807, 2.05) is 0 Å². The fourth-order valence-electron chi connectivity index (χ4n) is 3.28. The first-order valence-corrected chi connectivity index (χ1v) is 8.40. The number of H-pyrrole nitrogens is 1. The molecule has 4 rings (SSSR count). The Morgan fingerprint density at radius 2 is 1.96 bits per heavy atom. The molecule has 0 bridgehead atoms. The number of rotatable bonds is 2. The molecule has 10 heteroatoms. The lowest BCUT2D eigenvalue weighted by Crippen LogP contribution is -2.34. The lowest BCUT2D eigenvalue weighted by Gasteiger charge is -2.24.